The van der Waals surface area contributed by atoms with Crippen molar-refractivity contribution in [3.63, 3.8) is 0 Å². The summed E-state index contributed by atoms with van der Waals surface area (Å²) in [6.45, 7) is 4.42. The molecule has 0 saturated carbocycles. The topological polar surface area (TPSA) is 38.7 Å². The van der Waals surface area contributed by atoms with Gasteiger partial charge >= 0.3 is 0 Å². The Morgan fingerprint density at radius 1 is 0.857 bits per heavy atom. The number of rotatable bonds is 10. The van der Waals surface area contributed by atoms with Gasteiger partial charge in [0.2, 0.25) is 0 Å². The van der Waals surface area contributed by atoms with Gasteiger partial charge < -0.3 is 14.6 Å². The van der Waals surface area contributed by atoms with Gasteiger partial charge in [-0.25, -0.2) is 0 Å². The fourth-order valence-corrected chi connectivity index (χ4v) is 1.12. The minimum absolute atomic E-state index is 0.586. The highest BCUT2D eigenvalue weighted by atomic mass is 16.8. The molecule has 0 aromatic carbocycles. The van der Waals surface area contributed by atoms with Gasteiger partial charge in [-0.3, -0.25) is 0 Å². The Labute approximate surface area is 87.4 Å². The number of aliphatic hydroxyl groups is 1. The van der Waals surface area contributed by atoms with Crippen molar-refractivity contribution in [2.45, 2.75) is 58.8 Å². The van der Waals surface area contributed by atoms with Crippen LogP contribution in [0.15, 0.2) is 0 Å². The molecular formula is C11H24O3. The summed E-state index contributed by atoms with van der Waals surface area (Å²) in [5, 5.41) is 9.20. The zero-order chi connectivity index (χ0) is 10.6. The van der Waals surface area contributed by atoms with Crippen LogP contribution in [0.2, 0.25) is 0 Å². The summed E-state index contributed by atoms with van der Waals surface area (Å²) < 4.78 is 10.1. The van der Waals surface area contributed by atoms with Gasteiger partial charge in [-0.05, 0) is 12.8 Å². The molecule has 0 aliphatic heterocycles. The van der Waals surface area contributed by atoms with E-state index in [9.17, 15) is 5.11 Å². The third kappa shape index (κ3) is 9.96. The van der Waals surface area contributed by atoms with E-state index < -0.39 is 6.48 Å². The molecule has 0 amide bonds. The molecular weight excluding hydrogens is 180 g/mol. The minimum Gasteiger partial charge on any atom is -0.346 e. The molecule has 0 aromatic heterocycles. The number of hydrogen-bond acceptors (Lipinski definition) is 3. The monoisotopic (exact) mass is 204 g/mol. The van der Waals surface area contributed by atoms with E-state index in [2.05, 4.69) is 13.8 Å². The standard InChI is InChI=1S/C11H24O3/c1-3-5-7-9-13-11(12)14-10-8-6-4-2/h11-12H,3-10H2,1-2H3. The summed E-state index contributed by atoms with van der Waals surface area (Å²) in [6.07, 6.45) is 6.59. The Hall–Kier alpha value is -0.120. The van der Waals surface area contributed by atoms with Gasteiger partial charge in [0.1, 0.15) is 0 Å². The average molecular weight is 204 g/mol. The number of ether oxygens (including phenoxy) is 2. The highest BCUT2D eigenvalue weighted by Gasteiger charge is 2.02. The largest absolute Gasteiger partial charge is 0.346 e. The maximum absolute atomic E-state index is 9.20. The van der Waals surface area contributed by atoms with Crippen LogP contribution >= 0.6 is 0 Å². The fraction of sp³-hybridized carbons (Fsp3) is 1.00. The quantitative estimate of drug-likeness (QED) is 0.439. The third-order valence-corrected chi connectivity index (χ3v) is 2.02. The van der Waals surface area contributed by atoms with E-state index in [1.807, 2.05) is 0 Å². The van der Waals surface area contributed by atoms with Gasteiger partial charge in [0.25, 0.3) is 6.48 Å². The lowest BCUT2D eigenvalue weighted by Gasteiger charge is -2.12. The predicted octanol–water partition coefficient (Wildman–Crippen LogP) is 2.68. The average Bonchev–Trinajstić information content (AvgIpc) is 2.19. The van der Waals surface area contributed by atoms with Crippen LogP contribution in [-0.2, 0) is 9.47 Å². The van der Waals surface area contributed by atoms with E-state index in [1.165, 1.54) is 0 Å². The second kappa shape index (κ2) is 11.0. The molecule has 1 N–H and O–H groups in total. The van der Waals surface area contributed by atoms with E-state index in [-0.39, 0.29) is 0 Å². The molecule has 0 bridgehead atoms. The SMILES string of the molecule is CCCCCOC(O)OCCCCC. The van der Waals surface area contributed by atoms with E-state index in [0.29, 0.717) is 13.2 Å². The van der Waals surface area contributed by atoms with Gasteiger partial charge in [0.05, 0.1) is 13.2 Å². The number of aliphatic hydroxyl groups excluding tert-OH is 1. The molecule has 0 rings (SSSR count). The third-order valence-electron chi connectivity index (χ3n) is 2.02. The predicted molar refractivity (Wildman–Crippen MR) is 57.0 cm³/mol. The van der Waals surface area contributed by atoms with Crippen molar-refractivity contribution in [2.75, 3.05) is 13.2 Å². The highest BCUT2D eigenvalue weighted by Crippen LogP contribution is 2.00. The van der Waals surface area contributed by atoms with Gasteiger partial charge in [-0.1, -0.05) is 39.5 Å². The van der Waals surface area contributed by atoms with Crippen LogP contribution in [0.4, 0.5) is 0 Å². The Morgan fingerprint density at radius 2 is 1.29 bits per heavy atom. The number of hydrogen-bond donors (Lipinski definition) is 1. The second-order valence-corrected chi connectivity index (χ2v) is 3.46. The Balaban J connectivity index is 3.07. The molecule has 0 saturated heterocycles. The van der Waals surface area contributed by atoms with E-state index >= 15 is 0 Å². The summed E-state index contributed by atoms with van der Waals surface area (Å²) >= 11 is 0. The van der Waals surface area contributed by atoms with Crippen LogP contribution in [0, 0.1) is 0 Å². The number of unbranched alkanes of at least 4 members (excludes halogenated alkanes) is 4. The molecule has 0 aliphatic carbocycles. The molecule has 0 fully saturated rings. The summed E-state index contributed by atoms with van der Waals surface area (Å²) in [4.78, 5) is 0. The Morgan fingerprint density at radius 3 is 1.64 bits per heavy atom. The lowest BCUT2D eigenvalue weighted by Crippen LogP contribution is -2.17. The van der Waals surface area contributed by atoms with Crippen molar-refractivity contribution >= 4 is 0 Å². The molecule has 0 unspecified atom stereocenters. The first-order valence-electron chi connectivity index (χ1n) is 5.72. The maximum atomic E-state index is 9.20. The minimum atomic E-state index is -1.02. The zero-order valence-corrected chi connectivity index (χ0v) is 9.50. The second-order valence-electron chi connectivity index (χ2n) is 3.46. The fourth-order valence-electron chi connectivity index (χ4n) is 1.12. The van der Waals surface area contributed by atoms with Gasteiger partial charge in [0, 0.05) is 0 Å². The summed E-state index contributed by atoms with van der Waals surface area (Å²) in [5.41, 5.74) is 0. The zero-order valence-electron chi connectivity index (χ0n) is 9.50. The van der Waals surface area contributed by atoms with Crippen molar-refractivity contribution in [1.29, 1.82) is 0 Å². The van der Waals surface area contributed by atoms with E-state index in [4.69, 9.17) is 9.47 Å². The molecule has 3 nitrogen and oxygen atoms in total. The first-order valence-corrected chi connectivity index (χ1v) is 5.72. The van der Waals surface area contributed by atoms with Crippen LogP contribution in [0.3, 0.4) is 0 Å². The Bertz CT molecular complexity index is 94.7. The van der Waals surface area contributed by atoms with Crippen LogP contribution in [-0.4, -0.2) is 24.8 Å². The molecule has 0 spiro atoms. The molecule has 0 aromatic rings. The van der Waals surface area contributed by atoms with Crippen molar-refractivity contribution in [3.05, 3.63) is 0 Å². The molecule has 0 heterocycles. The van der Waals surface area contributed by atoms with Crippen LogP contribution in [0.25, 0.3) is 0 Å². The van der Waals surface area contributed by atoms with Crippen LogP contribution in [0.1, 0.15) is 52.4 Å². The van der Waals surface area contributed by atoms with Crippen LogP contribution < -0.4 is 0 Å². The molecule has 3 heteroatoms. The smallest absolute Gasteiger partial charge is 0.269 e. The van der Waals surface area contributed by atoms with Crippen molar-refractivity contribution < 1.29 is 14.6 Å². The van der Waals surface area contributed by atoms with Crippen molar-refractivity contribution in [3.8, 4) is 0 Å². The molecule has 86 valence electrons. The first-order chi connectivity index (χ1) is 6.81. The maximum Gasteiger partial charge on any atom is 0.269 e. The summed E-state index contributed by atoms with van der Waals surface area (Å²) in [5.74, 6) is 0. The normalized spacial score (nSPS) is 11.1. The summed E-state index contributed by atoms with van der Waals surface area (Å²) in [7, 11) is 0. The lowest BCUT2D eigenvalue weighted by molar-refractivity contribution is -0.263. The van der Waals surface area contributed by atoms with Crippen molar-refractivity contribution in [1.82, 2.24) is 0 Å². The lowest BCUT2D eigenvalue weighted by atomic mass is 10.3. The molecule has 0 radical (unpaired) electrons. The molecule has 14 heavy (non-hydrogen) atoms. The van der Waals surface area contributed by atoms with Gasteiger partial charge in [-0.15, -0.1) is 0 Å². The van der Waals surface area contributed by atoms with Gasteiger partial charge in [0.15, 0.2) is 0 Å². The van der Waals surface area contributed by atoms with Crippen molar-refractivity contribution in [2.24, 2.45) is 0 Å². The van der Waals surface area contributed by atoms with Gasteiger partial charge in [-0.2, -0.15) is 0 Å². The Kier molecular flexibility index (Phi) is 10.9. The highest BCUT2D eigenvalue weighted by molar-refractivity contribution is 4.37. The summed E-state index contributed by atoms with van der Waals surface area (Å²) in [6, 6.07) is 0. The molecule has 0 aliphatic rings. The van der Waals surface area contributed by atoms with E-state index in [0.717, 1.165) is 38.5 Å². The van der Waals surface area contributed by atoms with E-state index in [1.54, 1.807) is 0 Å². The first kappa shape index (κ1) is 13.9. The molecule has 0 atom stereocenters. The van der Waals surface area contributed by atoms with Crippen LogP contribution in [0.5, 0.6) is 0 Å².